The topological polar surface area (TPSA) is 108 Å². The van der Waals surface area contributed by atoms with Crippen LogP contribution in [-0.4, -0.2) is 38.8 Å². The summed E-state index contributed by atoms with van der Waals surface area (Å²) < 4.78 is 1.67. The molecule has 0 fully saturated rings. The first-order chi connectivity index (χ1) is 14.3. The Balaban J connectivity index is 1.94. The lowest BCUT2D eigenvalue weighted by atomic mass is 10.1. The number of nitriles is 1. The van der Waals surface area contributed by atoms with Crippen LogP contribution in [0.4, 0.5) is 5.69 Å². The van der Waals surface area contributed by atoms with E-state index in [1.54, 1.807) is 48.0 Å². The molecule has 1 aromatic carbocycles. The fourth-order valence-corrected chi connectivity index (χ4v) is 3.59. The summed E-state index contributed by atoms with van der Waals surface area (Å²) in [7, 11) is 1.73. The van der Waals surface area contributed by atoms with Gasteiger partial charge in [-0.05, 0) is 44.0 Å². The molecular formula is C22H23N5O3. The zero-order valence-corrected chi connectivity index (χ0v) is 17.4. The number of anilines is 1. The van der Waals surface area contributed by atoms with E-state index in [2.05, 4.69) is 10.5 Å². The van der Waals surface area contributed by atoms with Gasteiger partial charge >= 0.3 is 0 Å². The van der Waals surface area contributed by atoms with Crippen LogP contribution in [0.1, 0.15) is 63.6 Å². The molecule has 3 rings (SSSR count). The van der Waals surface area contributed by atoms with Crippen molar-refractivity contribution in [1.29, 1.82) is 5.26 Å². The number of aryl methyl sites for hydroxylation is 1. The van der Waals surface area contributed by atoms with Gasteiger partial charge in [0.05, 0.1) is 22.5 Å². The minimum atomic E-state index is -0.533. The Bertz CT molecular complexity index is 1100. The van der Waals surface area contributed by atoms with Crippen molar-refractivity contribution in [1.82, 2.24) is 9.47 Å². The minimum Gasteiger partial charge on any atom is -0.345 e. The zero-order valence-electron chi connectivity index (χ0n) is 17.4. The van der Waals surface area contributed by atoms with E-state index >= 15 is 0 Å². The third-order valence-electron chi connectivity index (χ3n) is 5.47. The van der Waals surface area contributed by atoms with Crippen molar-refractivity contribution in [3.63, 3.8) is 0 Å². The third kappa shape index (κ3) is 3.39. The molecule has 0 radical (unpaired) electrons. The van der Waals surface area contributed by atoms with E-state index in [4.69, 9.17) is 0 Å². The standard InChI is InChI=1S/C22H23N5O3/c1-5-14(6-2)27-21(29)15-8-7-9-16(19(15)22(27)30)24-25-17(12-23)20(28)18-11-10-13(3)26(18)4/h7-11,14,24H,5-6H2,1-4H3. The van der Waals surface area contributed by atoms with E-state index in [-0.39, 0.29) is 34.5 Å². The van der Waals surface area contributed by atoms with E-state index in [1.807, 2.05) is 20.8 Å². The molecule has 1 aliphatic heterocycles. The van der Waals surface area contributed by atoms with Gasteiger partial charge in [0, 0.05) is 18.8 Å². The molecule has 1 aliphatic rings. The number of rotatable bonds is 7. The Labute approximate surface area is 174 Å². The number of amides is 2. The van der Waals surface area contributed by atoms with Crippen LogP contribution >= 0.6 is 0 Å². The minimum absolute atomic E-state index is 0.189. The predicted octanol–water partition coefficient (Wildman–Crippen LogP) is 3.29. The first-order valence-corrected chi connectivity index (χ1v) is 9.77. The van der Waals surface area contributed by atoms with Crippen LogP contribution in [-0.2, 0) is 7.05 Å². The fraction of sp³-hybridized carbons (Fsp3) is 0.318. The van der Waals surface area contributed by atoms with Crippen LogP contribution in [0.2, 0.25) is 0 Å². The molecule has 1 aromatic heterocycles. The van der Waals surface area contributed by atoms with Crippen molar-refractivity contribution in [3.05, 3.63) is 52.8 Å². The van der Waals surface area contributed by atoms with E-state index in [0.717, 1.165) is 5.69 Å². The molecule has 0 unspecified atom stereocenters. The second-order valence-electron chi connectivity index (χ2n) is 7.11. The highest BCUT2D eigenvalue weighted by Crippen LogP contribution is 2.32. The number of fused-ring (bicyclic) bond motifs is 1. The summed E-state index contributed by atoms with van der Waals surface area (Å²) in [6.07, 6.45) is 1.32. The smallest absolute Gasteiger partial charge is 0.263 e. The average Bonchev–Trinajstić information content (AvgIpc) is 3.21. The molecule has 1 N–H and O–H groups in total. The molecule has 2 amide bonds. The monoisotopic (exact) mass is 405 g/mol. The molecule has 154 valence electrons. The van der Waals surface area contributed by atoms with Crippen molar-refractivity contribution in [2.75, 3.05) is 5.43 Å². The van der Waals surface area contributed by atoms with Gasteiger partial charge < -0.3 is 4.57 Å². The molecule has 2 heterocycles. The molecule has 30 heavy (non-hydrogen) atoms. The Morgan fingerprint density at radius 1 is 1.17 bits per heavy atom. The fourth-order valence-electron chi connectivity index (χ4n) is 3.59. The van der Waals surface area contributed by atoms with Gasteiger partial charge in [-0.1, -0.05) is 19.9 Å². The highest BCUT2D eigenvalue weighted by molar-refractivity contribution is 6.51. The highest BCUT2D eigenvalue weighted by atomic mass is 16.2. The van der Waals surface area contributed by atoms with Gasteiger partial charge in [0.1, 0.15) is 6.07 Å². The molecule has 0 bridgehead atoms. The second-order valence-corrected chi connectivity index (χ2v) is 7.11. The van der Waals surface area contributed by atoms with Gasteiger partial charge in [-0.2, -0.15) is 10.4 Å². The second kappa shape index (κ2) is 8.33. The van der Waals surface area contributed by atoms with Crippen LogP contribution < -0.4 is 5.43 Å². The highest BCUT2D eigenvalue weighted by Gasteiger charge is 2.40. The van der Waals surface area contributed by atoms with Crippen LogP contribution in [0.3, 0.4) is 0 Å². The van der Waals surface area contributed by atoms with E-state index in [9.17, 15) is 19.6 Å². The lowest BCUT2D eigenvalue weighted by Crippen LogP contribution is -2.39. The summed E-state index contributed by atoms with van der Waals surface area (Å²) in [4.78, 5) is 39.7. The first kappa shape index (κ1) is 21.0. The maximum absolute atomic E-state index is 13.0. The first-order valence-electron chi connectivity index (χ1n) is 9.77. The summed E-state index contributed by atoms with van der Waals surface area (Å²) in [6.45, 7) is 5.70. The van der Waals surface area contributed by atoms with E-state index in [1.165, 1.54) is 4.90 Å². The SMILES string of the molecule is CCC(CC)N1C(=O)c2cccc(NN=C(C#N)C(=O)c3ccc(C)n3C)c2C1=O. The Kier molecular flexibility index (Phi) is 5.83. The molecule has 2 aromatic rings. The summed E-state index contributed by atoms with van der Waals surface area (Å²) in [5.74, 6) is -1.27. The molecule has 0 atom stereocenters. The summed E-state index contributed by atoms with van der Waals surface area (Å²) in [5, 5.41) is 13.4. The third-order valence-corrected chi connectivity index (χ3v) is 5.47. The quantitative estimate of drug-likeness (QED) is 0.329. The number of carbonyl (C=O) groups is 3. The molecule has 8 nitrogen and oxygen atoms in total. The van der Waals surface area contributed by atoms with Crippen molar-refractivity contribution in [2.45, 2.75) is 39.7 Å². The molecule has 0 saturated heterocycles. The number of imide groups is 1. The van der Waals surface area contributed by atoms with Crippen molar-refractivity contribution in [3.8, 4) is 6.07 Å². The number of hydrogen-bond donors (Lipinski definition) is 1. The Morgan fingerprint density at radius 2 is 1.87 bits per heavy atom. The van der Waals surface area contributed by atoms with Gasteiger partial charge in [-0.3, -0.25) is 24.7 Å². The number of nitrogens with one attached hydrogen (secondary N) is 1. The van der Waals surface area contributed by atoms with Gasteiger partial charge in [-0.15, -0.1) is 0 Å². The summed E-state index contributed by atoms with van der Waals surface area (Å²) in [5.41, 5.74) is 4.29. The Hall–Kier alpha value is -3.73. The lowest BCUT2D eigenvalue weighted by Gasteiger charge is -2.23. The number of hydrazone groups is 1. The van der Waals surface area contributed by atoms with Gasteiger partial charge in [0.15, 0.2) is 0 Å². The van der Waals surface area contributed by atoms with Crippen molar-refractivity contribution < 1.29 is 14.4 Å². The summed E-state index contributed by atoms with van der Waals surface area (Å²) in [6, 6.07) is 9.83. The van der Waals surface area contributed by atoms with Crippen molar-refractivity contribution in [2.24, 2.45) is 12.1 Å². The number of nitrogens with zero attached hydrogens (tertiary/aromatic N) is 4. The van der Waals surface area contributed by atoms with Gasteiger partial charge in [-0.25, -0.2) is 0 Å². The average molecular weight is 405 g/mol. The number of ketones is 1. The predicted molar refractivity (Wildman–Crippen MR) is 112 cm³/mol. The van der Waals surface area contributed by atoms with Crippen LogP contribution in [0.5, 0.6) is 0 Å². The van der Waals surface area contributed by atoms with Crippen LogP contribution in [0, 0.1) is 18.3 Å². The zero-order chi connectivity index (χ0) is 22.0. The van der Waals surface area contributed by atoms with E-state index < -0.39 is 11.7 Å². The maximum atomic E-state index is 13.0. The molecule has 0 spiro atoms. The normalized spacial score (nSPS) is 13.6. The molecule has 0 saturated carbocycles. The molecule has 8 heteroatoms. The van der Waals surface area contributed by atoms with Gasteiger partial charge in [0.2, 0.25) is 11.5 Å². The van der Waals surface area contributed by atoms with Crippen molar-refractivity contribution >= 4 is 29.0 Å². The van der Waals surface area contributed by atoms with Crippen LogP contribution in [0.25, 0.3) is 0 Å². The molecular weight excluding hydrogens is 382 g/mol. The number of aromatic nitrogens is 1. The maximum Gasteiger partial charge on any atom is 0.263 e. The number of benzene rings is 1. The molecule has 0 aliphatic carbocycles. The number of carbonyl (C=O) groups excluding carboxylic acids is 3. The number of Topliss-reactive ketones (excluding diaryl/α,β-unsaturated/α-hetero) is 1. The van der Waals surface area contributed by atoms with Crippen LogP contribution in [0.15, 0.2) is 35.4 Å². The number of hydrogen-bond acceptors (Lipinski definition) is 6. The van der Waals surface area contributed by atoms with Gasteiger partial charge in [0.25, 0.3) is 11.8 Å². The lowest BCUT2D eigenvalue weighted by molar-refractivity contribution is 0.0576. The largest absolute Gasteiger partial charge is 0.345 e. The Morgan fingerprint density at radius 3 is 2.43 bits per heavy atom. The van der Waals surface area contributed by atoms with E-state index in [0.29, 0.717) is 18.5 Å². The summed E-state index contributed by atoms with van der Waals surface area (Å²) >= 11 is 0.